The normalized spacial score (nSPS) is 23.1. The first kappa shape index (κ1) is 12.7. The second-order valence-electron chi connectivity index (χ2n) is 4.83. The predicted molar refractivity (Wildman–Crippen MR) is 74.6 cm³/mol. The molecule has 0 amide bonds. The highest BCUT2D eigenvalue weighted by Gasteiger charge is 2.26. The summed E-state index contributed by atoms with van der Waals surface area (Å²) in [5.74, 6) is 1.18. The molecule has 1 aliphatic rings. The molecule has 0 spiro atoms. The summed E-state index contributed by atoms with van der Waals surface area (Å²) in [5, 5.41) is 8.30. The number of hydrogen-bond acceptors (Lipinski definition) is 4. The molecule has 1 fully saturated rings. The fourth-order valence-electron chi connectivity index (χ4n) is 2.53. The van der Waals surface area contributed by atoms with Crippen LogP contribution in [0.3, 0.4) is 0 Å². The van der Waals surface area contributed by atoms with Crippen molar-refractivity contribution in [1.82, 2.24) is 14.6 Å². The molecule has 2 unspecified atom stereocenters. The number of ether oxygens (including phenoxy) is 1. The fraction of sp³-hybridized carbons (Fsp3) is 0.538. The van der Waals surface area contributed by atoms with Crippen molar-refractivity contribution in [3.8, 4) is 0 Å². The highest BCUT2D eigenvalue weighted by molar-refractivity contribution is 6.30. The summed E-state index contributed by atoms with van der Waals surface area (Å²) in [7, 11) is 0. The SMILES string of the molecule is CCC1OCCC1CNc1nc2ccc(Cl)cn2n1. The van der Waals surface area contributed by atoms with Crippen molar-refractivity contribution in [2.45, 2.75) is 25.9 Å². The molecule has 102 valence electrons. The van der Waals surface area contributed by atoms with Crippen molar-refractivity contribution in [1.29, 1.82) is 0 Å². The smallest absolute Gasteiger partial charge is 0.243 e. The lowest BCUT2D eigenvalue weighted by molar-refractivity contribution is 0.0900. The maximum absolute atomic E-state index is 5.92. The van der Waals surface area contributed by atoms with Gasteiger partial charge in [-0.2, -0.15) is 4.98 Å². The maximum atomic E-state index is 5.92. The zero-order valence-corrected chi connectivity index (χ0v) is 11.6. The van der Waals surface area contributed by atoms with E-state index in [1.807, 2.05) is 12.1 Å². The van der Waals surface area contributed by atoms with Gasteiger partial charge in [0.05, 0.1) is 11.1 Å². The molecule has 3 heterocycles. The zero-order chi connectivity index (χ0) is 13.2. The van der Waals surface area contributed by atoms with E-state index in [1.165, 1.54) is 0 Å². The van der Waals surface area contributed by atoms with E-state index >= 15 is 0 Å². The van der Waals surface area contributed by atoms with Gasteiger partial charge in [-0.3, -0.25) is 0 Å². The van der Waals surface area contributed by atoms with Crippen LogP contribution in [0.15, 0.2) is 18.3 Å². The van der Waals surface area contributed by atoms with Crippen molar-refractivity contribution in [3.63, 3.8) is 0 Å². The lowest BCUT2D eigenvalue weighted by Crippen LogP contribution is -2.23. The highest BCUT2D eigenvalue weighted by Crippen LogP contribution is 2.23. The third-order valence-corrected chi connectivity index (χ3v) is 3.79. The van der Waals surface area contributed by atoms with Crippen molar-refractivity contribution >= 4 is 23.2 Å². The Hall–Kier alpha value is -1.33. The molecule has 3 rings (SSSR count). The Kier molecular flexibility index (Phi) is 3.57. The van der Waals surface area contributed by atoms with E-state index in [4.69, 9.17) is 16.3 Å². The summed E-state index contributed by atoms with van der Waals surface area (Å²) < 4.78 is 7.36. The number of nitrogens with zero attached hydrogens (tertiary/aromatic N) is 3. The quantitative estimate of drug-likeness (QED) is 0.935. The molecular formula is C13H17ClN4O. The first-order valence-corrected chi connectivity index (χ1v) is 7.01. The summed E-state index contributed by atoms with van der Waals surface area (Å²) >= 11 is 5.92. The Morgan fingerprint density at radius 3 is 3.26 bits per heavy atom. The van der Waals surface area contributed by atoms with Crippen molar-refractivity contribution < 1.29 is 4.74 Å². The molecule has 1 saturated heterocycles. The fourth-order valence-corrected chi connectivity index (χ4v) is 2.69. The minimum atomic E-state index is 0.360. The monoisotopic (exact) mass is 280 g/mol. The molecule has 0 saturated carbocycles. The van der Waals surface area contributed by atoms with E-state index in [9.17, 15) is 0 Å². The Morgan fingerprint density at radius 2 is 2.42 bits per heavy atom. The molecule has 0 bridgehead atoms. The number of halogens is 1. The number of hydrogen-bond donors (Lipinski definition) is 1. The van der Waals surface area contributed by atoms with Crippen LogP contribution in [-0.4, -0.2) is 33.9 Å². The second-order valence-corrected chi connectivity index (χ2v) is 5.27. The first-order valence-electron chi connectivity index (χ1n) is 6.63. The number of pyridine rings is 1. The topological polar surface area (TPSA) is 51.5 Å². The molecule has 2 aromatic heterocycles. The number of fused-ring (bicyclic) bond motifs is 1. The minimum Gasteiger partial charge on any atom is -0.378 e. The lowest BCUT2D eigenvalue weighted by Gasteiger charge is -2.16. The zero-order valence-electron chi connectivity index (χ0n) is 10.8. The maximum Gasteiger partial charge on any atom is 0.243 e. The van der Waals surface area contributed by atoms with E-state index in [2.05, 4.69) is 22.3 Å². The Morgan fingerprint density at radius 1 is 1.53 bits per heavy atom. The molecule has 19 heavy (non-hydrogen) atoms. The van der Waals surface area contributed by atoms with E-state index in [0.717, 1.165) is 31.6 Å². The van der Waals surface area contributed by atoms with Gasteiger partial charge in [-0.05, 0) is 25.0 Å². The molecule has 2 aromatic rings. The molecule has 1 aliphatic heterocycles. The van der Waals surface area contributed by atoms with E-state index < -0.39 is 0 Å². The number of anilines is 1. The lowest BCUT2D eigenvalue weighted by atomic mass is 10.00. The summed E-state index contributed by atoms with van der Waals surface area (Å²) in [6.45, 7) is 3.87. The number of aromatic nitrogens is 3. The molecule has 6 heteroatoms. The average molecular weight is 281 g/mol. The largest absolute Gasteiger partial charge is 0.378 e. The van der Waals surface area contributed by atoms with Crippen molar-refractivity contribution in [3.05, 3.63) is 23.4 Å². The van der Waals surface area contributed by atoms with Crippen LogP contribution in [0, 0.1) is 5.92 Å². The molecule has 0 aromatic carbocycles. The summed E-state index contributed by atoms with van der Waals surface area (Å²) in [5.41, 5.74) is 0.793. The molecule has 0 radical (unpaired) electrons. The van der Waals surface area contributed by atoms with Crippen LogP contribution in [0.5, 0.6) is 0 Å². The van der Waals surface area contributed by atoms with E-state index in [0.29, 0.717) is 23.0 Å². The van der Waals surface area contributed by atoms with Crippen LogP contribution in [-0.2, 0) is 4.74 Å². The molecule has 5 nitrogen and oxygen atoms in total. The van der Waals surface area contributed by atoms with Gasteiger partial charge in [0.25, 0.3) is 0 Å². The van der Waals surface area contributed by atoms with Crippen LogP contribution in [0.25, 0.3) is 5.65 Å². The van der Waals surface area contributed by atoms with Crippen molar-refractivity contribution in [2.24, 2.45) is 5.92 Å². The Bertz CT molecular complexity index is 571. The van der Waals surface area contributed by atoms with Crippen LogP contribution in [0.4, 0.5) is 5.95 Å². The average Bonchev–Trinajstić information content (AvgIpc) is 3.01. The van der Waals surface area contributed by atoms with E-state index in [-0.39, 0.29) is 0 Å². The second kappa shape index (κ2) is 5.35. The van der Waals surface area contributed by atoms with Gasteiger partial charge in [0.1, 0.15) is 0 Å². The molecular weight excluding hydrogens is 264 g/mol. The third kappa shape index (κ3) is 2.67. The minimum absolute atomic E-state index is 0.360. The van der Waals surface area contributed by atoms with Gasteiger partial charge in [-0.15, -0.1) is 5.10 Å². The van der Waals surface area contributed by atoms with E-state index in [1.54, 1.807) is 10.7 Å². The van der Waals surface area contributed by atoms with Crippen LogP contribution in [0.1, 0.15) is 19.8 Å². The molecule has 0 aliphatic carbocycles. The van der Waals surface area contributed by atoms with Gasteiger partial charge < -0.3 is 10.1 Å². The van der Waals surface area contributed by atoms with Gasteiger partial charge in [-0.25, -0.2) is 4.52 Å². The van der Waals surface area contributed by atoms with Gasteiger partial charge >= 0.3 is 0 Å². The first-order chi connectivity index (χ1) is 9.26. The van der Waals surface area contributed by atoms with Crippen LogP contribution >= 0.6 is 11.6 Å². The Labute approximate surface area is 116 Å². The highest BCUT2D eigenvalue weighted by atomic mass is 35.5. The van der Waals surface area contributed by atoms with Gasteiger partial charge in [0.15, 0.2) is 5.65 Å². The van der Waals surface area contributed by atoms with Crippen molar-refractivity contribution in [2.75, 3.05) is 18.5 Å². The summed E-state index contributed by atoms with van der Waals surface area (Å²) in [6, 6.07) is 3.67. The standard InChI is InChI=1S/C13H17ClN4O/c1-2-11-9(5-6-19-11)7-15-13-16-12-4-3-10(14)8-18(12)17-13/h3-4,8-9,11H,2,5-7H2,1H3,(H,15,17). The Balaban J connectivity index is 1.68. The number of nitrogens with one attached hydrogen (secondary N) is 1. The number of rotatable bonds is 4. The van der Waals surface area contributed by atoms with Gasteiger partial charge in [0, 0.05) is 25.3 Å². The summed E-state index contributed by atoms with van der Waals surface area (Å²) in [6.07, 6.45) is 4.27. The van der Waals surface area contributed by atoms with Crippen LogP contribution < -0.4 is 5.32 Å². The third-order valence-electron chi connectivity index (χ3n) is 3.57. The molecule has 1 N–H and O–H groups in total. The van der Waals surface area contributed by atoms with Gasteiger partial charge in [0.2, 0.25) is 5.95 Å². The predicted octanol–water partition coefficient (Wildman–Crippen LogP) is 2.61. The summed E-state index contributed by atoms with van der Waals surface area (Å²) in [4.78, 5) is 4.41. The van der Waals surface area contributed by atoms with Gasteiger partial charge in [-0.1, -0.05) is 18.5 Å². The molecule has 2 atom stereocenters. The van der Waals surface area contributed by atoms with Crippen LogP contribution in [0.2, 0.25) is 5.02 Å².